The van der Waals surface area contributed by atoms with Crippen LogP contribution >= 0.6 is 15.9 Å². The molecule has 0 aliphatic carbocycles. The SMILES string of the molecule is CC(Nc1ccc(C#N)c(Br)c1)c1ncn[nH]1. The summed E-state index contributed by atoms with van der Waals surface area (Å²) < 4.78 is 0.773. The Kier molecular flexibility index (Phi) is 3.40. The number of aromatic amines is 1. The van der Waals surface area contributed by atoms with Crippen LogP contribution in [-0.2, 0) is 0 Å². The van der Waals surface area contributed by atoms with Crippen molar-refractivity contribution in [3.63, 3.8) is 0 Å². The summed E-state index contributed by atoms with van der Waals surface area (Å²) in [5.41, 5.74) is 1.53. The molecule has 1 heterocycles. The van der Waals surface area contributed by atoms with Crippen molar-refractivity contribution in [2.75, 3.05) is 5.32 Å². The molecule has 0 radical (unpaired) electrons. The maximum Gasteiger partial charge on any atom is 0.146 e. The highest BCUT2D eigenvalue weighted by atomic mass is 79.9. The van der Waals surface area contributed by atoms with Gasteiger partial charge in [-0.05, 0) is 41.1 Å². The Morgan fingerprint density at radius 1 is 1.53 bits per heavy atom. The van der Waals surface area contributed by atoms with E-state index in [2.05, 4.69) is 42.5 Å². The number of hydrogen-bond acceptors (Lipinski definition) is 4. The van der Waals surface area contributed by atoms with Crippen molar-refractivity contribution in [2.24, 2.45) is 0 Å². The number of hydrogen-bond donors (Lipinski definition) is 2. The molecule has 2 rings (SSSR count). The van der Waals surface area contributed by atoms with Gasteiger partial charge in [0.25, 0.3) is 0 Å². The Morgan fingerprint density at radius 3 is 2.94 bits per heavy atom. The molecule has 5 nitrogen and oxygen atoms in total. The first kappa shape index (κ1) is 11.6. The molecule has 0 amide bonds. The van der Waals surface area contributed by atoms with Crippen molar-refractivity contribution < 1.29 is 0 Å². The second-order valence-electron chi connectivity index (χ2n) is 3.54. The Morgan fingerprint density at radius 2 is 2.35 bits per heavy atom. The van der Waals surface area contributed by atoms with Crippen molar-refractivity contribution in [3.8, 4) is 6.07 Å². The maximum absolute atomic E-state index is 8.82. The van der Waals surface area contributed by atoms with Crippen molar-refractivity contribution in [1.82, 2.24) is 15.2 Å². The zero-order valence-corrected chi connectivity index (χ0v) is 10.7. The van der Waals surface area contributed by atoms with Gasteiger partial charge in [0.15, 0.2) is 0 Å². The topological polar surface area (TPSA) is 77.4 Å². The number of benzene rings is 1. The van der Waals surface area contributed by atoms with Crippen LogP contribution in [0.25, 0.3) is 0 Å². The normalized spacial score (nSPS) is 11.8. The number of halogens is 1. The van der Waals surface area contributed by atoms with E-state index < -0.39 is 0 Å². The predicted molar refractivity (Wildman–Crippen MR) is 67.3 cm³/mol. The second kappa shape index (κ2) is 4.97. The Bertz CT molecular complexity index is 543. The number of nitrogens with zero attached hydrogens (tertiary/aromatic N) is 3. The quantitative estimate of drug-likeness (QED) is 0.911. The Labute approximate surface area is 107 Å². The fourth-order valence-electron chi connectivity index (χ4n) is 1.44. The van der Waals surface area contributed by atoms with Crippen LogP contribution in [-0.4, -0.2) is 15.2 Å². The minimum Gasteiger partial charge on any atom is -0.375 e. The van der Waals surface area contributed by atoms with Gasteiger partial charge in [0.1, 0.15) is 18.2 Å². The van der Waals surface area contributed by atoms with E-state index in [1.54, 1.807) is 6.07 Å². The van der Waals surface area contributed by atoms with E-state index in [1.807, 2.05) is 19.1 Å². The number of nitrogens with one attached hydrogen (secondary N) is 2. The van der Waals surface area contributed by atoms with Gasteiger partial charge in [0, 0.05) is 10.2 Å². The third-order valence-electron chi connectivity index (χ3n) is 2.32. The van der Waals surface area contributed by atoms with Crippen molar-refractivity contribution in [2.45, 2.75) is 13.0 Å². The first-order valence-electron chi connectivity index (χ1n) is 5.02. The van der Waals surface area contributed by atoms with Crippen LogP contribution < -0.4 is 5.32 Å². The van der Waals surface area contributed by atoms with E-state index in [-0.39, 0.29) is 6.04 Å². The molecule has 1 atom stereocenters. The summed E-state index contributed by atoms with van der Waals surface area (Å²) >= 11 is 3.35. The molecule has 0 spiro atoms. The molecule has 0 fully saturated rings. The van der Waals surface area contributed by atoms with E-state index in [4.69, 9.17) is 5.26 Å². The van der Waals surface area contributed by atoms with Crippen molar-refractivity contribution >= 4 is 21.6 Å². The highest BCUT2D eigenvalue weighted by molar-refractivity contribution is 9.10. The Hall–Kier alpha value is -1.87. The predicted octanol–water partition coefficient (Wildman–Crippen LogP) is 2.61. The molecule has 0 aliphatic heterocycles. The molecule has 0 saturated carbocycles. The fourth-order valence-corrected chi connectivity index (χ4v) is 1.90. The van der Waals surface area contributed by atoms with Gasteiger partial charge < -0.3 is 5.32 Å². The van der Waals surface area contributed by atoms with E-state index in [1.165, 1.54) is 6.33 Å². The standard InChI is InChI=1S/C11H10BrN5/c1-7(11-14-6-15-17-11)16-9-3-2-8(5-13)10(12)4-9/h2-4,6-7,16H,1H3,(H,14,15,17). The summed E-state index contributed by atoms with van der Waals surface area (Å²) in [5.74, 6) is 0.769. The molecule has 1 aromatic heterocycles. The lowest BCUT2D eigenvalue weighted by atomic mass is 10.2. The molecule has 0 saturated heterocycles. The van der Waals surface area contributed by atoms with Crippen LogP contribution in [0, 0.1) is 11.3 Å². The molecule has 86 valence electrons. The Balaban J connectivity index is 2.15. The van der Waals surface area contributed by atoms with Gasteiger partial charge >= 0.3 is 0 Å². The molecule has 6 heteroatoms. The lowest BCUT2D eigenvalue weighted by molar-refractivity contribution is 0.795. The summed E-state index contributed by atoms with van der Waals surface area (Å²) in [6.45, 7) is 1.98. The van der Waals surface area contributed by atoms with Gasteiger partial charge in [-0.15, -0.1) is 0 Å². The molecule has 1 aromatic carbocycles. The average Bonchev–Trinajstić information content (AvgIpc) is 2.82. The van der Waals surface area contributed by atoms with Crippen LogP contribution in [0.1, 0.15) is 24.4 Å². The number of nitriles is 1. The van der Waals surface area contributed by atoms with Crippen LogP contribution in [0.3, 0.4) is 0 Å². The van der Waals surface area contributed by atoms with Crippen LogP contribution in [0.4, 0.5) is 5.69 Å². The third kappa shape index (κ3) is 2.63. The summed E-state index contributed by atoms with van der Waals surface area (Å²) in [4.78, 5) is 4.08. The first-order chi connectivity index (χ1) is 8.20. The molecular weight excluding hydrogens is 282 g/mol. The first-order valence-corrected chi connectivity index (χ1v) is 5.81. The zero-order valence-electron chi connectivity index (χ0n) is 9.11. The lowest BCUT2D eigenvalue weighted by Crippen LogP contribution is -2.08. The van der Waals surface area contributed by atoms with Crippen LogP contribution in [0.15, 0.2) is 29.0 Å². The highest BCUT2D eigenvalue weighted by Gasteiger charge is 2.08. The number of rotatable bonds is 3. The molecule has 0 aliphatic rings. The van der Waals surface area contributed by atoms with Crippen LogP contribution in [0.2, 0.25) is 0 Å². The van der Waals surface area contributed by atoms with Gasteiger partial charge in [-0.3, -0.25) is 5.10 Å². The molecule has 2 aromatic rings. The van der Waals surface area contributed by atoms with E-state index in [0.717, 1.165) is 16.0 Å². The third-order valence-corrected chi connectivity index (χ3v) is 2.97. The van der Waals surface area contributed by atoms with Gasteiger partial charge in [0.05, 0.1) is 11.6 Å². The van der Waals surface area contributed by atoms with E-state index in [0.29, 0.717) is 5.56 Å². The monoisotopic (exact) mass is 291 g/mol. The smallest absolute Gasteiger partial charge is 0.146 e. The second-order valence-corrected chi connectivity index (χ2v) is 4.40. The maximum atomic E-state index is 8.82. The summed E-state index contributed by atoms with van der Waals surface area (Å²) in [6, 6.07) is 7.61. The van der Waals surface area contributed by atoms with Crippen molar-refractivity contribution in [1.29, 1.82) is 5.26 Å². The van der Waals surface area contributed by atoms with Gasteiger partial charge in [-0.1, -0.05) is 0 Å². The minimum atomic E-state index is 0.0253. The summed E-state index contributed by atoms with van der Waals surface area (Å²) in [5, 5.41) is 18.7. The van der Waals surface area contributed by atoms with Crippen LogP contribution in [0.5, 0.6) is 0 Å². The molecule has 2 N–H and O–H groups in total. The highest BCUT2D eigenvalue weighted by Crippen LogP contribution is 2.23. The molecule has 17 heavy (non-hydrogen) atoms. The van der Waals surface area contributed by atoms with Crippen molar-refractivity contribution in [3.05, 3.63) is 40.4 Å². The summed E-state index contributed by atoms with van der Waals surface area (Å²) in [7, 11) is 0. The van der Waals surface area contributed by atoms with Gasteiger partial charge in [-0.25, -0.2) is 4.98 Å². The van der Waals surface area contributed by atoms with Gasteiger partial charge in [-0.2, -0.15) is 10.4 Å². The molecule has 1 unspecified atom stereocenters. The molecular formula is C11H10BrN5. The zero-order chi connectivity index (χ0) is 12.3. The van der Waals surface area contributed by atoms with E-state index >= 15 is 0 Å². The minimum absolute atomic E-state index is 0.0253. The number of anilines is 1. The lowest BCUT2D eigenvalue weighted by Gasteiger charge is -2.12. The van der Waals surface area contributed by atoms with Gasteiger partial charge in [0.2, 0.25) is 0 Å². The number of aromatic nitrogens is 3. The largest absolute Gasteiger partial charge is 0.375 e. The number of H-pyrrole nitrogens is 1. The summed E-state index contributed by atoms with van der Waals surface area (Å²) in [6.07, 6.45) is 1.47. The average molecular weight is 292 g/mol. The molecule has 0 bridgehead atoms. The fraction of sp³-hybridized carbons (Fsp3) is 0.182. The van der Waals surface area contributed by atoms with E-state index in [9.17, 15) is 0 Å².